The number of rotatable bonds is 30. The number of aromatic nitrogens is 3. The Bertz CT molecular complexity index is 1670. The minimum Gasteiger partial charge on any atom is -0.456 e. The third kappa shape index (κ3) is 16.6. The highest BCUT2D eigenvalue weighted by Gasteiger charge is 2.62. The molecule has 0 spiro atoms. The number of carbonyl (C=O) groups excluding carboxylic acids is 3. The summed E-state index contributed by atoms with van der Waals surface area (Å²) in [6.45, 7) is 6.90. The number of nitrogens with two attached hydrogens (primary N) is 1. The van der Waals surface area contributed by atoms with Crippen LogP contribution in [0, 0.1) is 11.3 Å². The molecule has 0 bridgehead atoms. The second-order valence-electron chi connectivity index (χ2n) is 14.7. The Morgan fingerprint density at radius 3 is 2.08 bits per heavy atom. The smallest absolute Gasteiger partial charge is 0.456 e. The van der Waals surface area contributed by atoms with E-state index in [2.05, 4.69) is 17.0 Å². The molecule has 0 amide bonds. The zero-order valence-electron chi connectivity index (χ0n) is 35.3. The number of fused-ring (bicyclic) bond motifs is 1. The van der Waals surface area contributed by atoms with E-state index in [9.17, 15) is 24.2 Å². The molecule has 1 aliphatic heterocycles. The number of nitriles is 1. The largest absolute Gasteiger partial charge is 0.510 e. The van der Waals surface area contributed by atoms with Crippen molar-refractivity contribution in [3.8, 4) is 6.07 Å². The van der Waals surface area contributed by atoms with Gasteiger partial charge >= 0.3 is 25.9 Å². The summed E-state index contributed by atoms with van der Waals surface area (Å²) in [6, 6.07) is 5.05. The van der Waals surface area contributed by atoms with Crippen LogP contribution in [0.3, 0.4) is 0 Å². The fourth-order valence-electron chi connectivity index (χ4n) is 6.65. The molecule has 2 N–H and O–H groups in total. The van der Waals surface area contributed by atoms with Gasteiger partial charge < -0.3 is 34.2 Å². The Balaban J connectivity index is 1.57. The highest BCUT2D eigenvalue weighted by Crippen LogP contribution is 2.51. The molecule has 1 fully saturated rings. The standard InChI is InChI=1S/C40H64N5O13P/c1-6-7-8-9-10-11-12-13-14-15-16-17-18-19-23-50-24-20-25-52-59(49,54-29-51-39(48)55-30(2)3)53-26-34-36(56-31(4)46)37(57-32(5)47)40(27-41,58-34)35-22-21-33-38(42)43-28-44-45(33)35/h21-22,28,30,34,36-37H,6-20,23-26,29H2,1-5H3,(H2,42,43,44)/t34-,36-,37-,40+,59+/m1/s1. The Morgan fingerprint density at radius 2 is 1.49 bits per heavy atom. The van der Waals surface area contributed by atoms with Crippen LogP contribution in [0.2, 0.25) is 0 Å². The first-order valence-corrected chi connectivity index (χ1v) is 22.3. The topological polar surface area (TPSA) is 231 Å². The van der Waals surface area contributed by atoms with Crippen molar-refractivity contribution in [3.05, 3.63) is 24.2 Å². The predicted octanol–water partition coefficient (Wildman–Crippen LogP) is 7.86. The highest BCUT2D eigenvalue weighted by molar-refractivity contribution is 7.48. The first-order valence-electron chi connectivity index (χ1n) is 20.8. The number of hydrogen-bond donors (Lipinski definition) is 1. The van der Waals surface area contributed by atoms with Crippen molar-refractivity contribution in [1.82, 2.24) is 14.6 Å². The number of unbranched alkanes of at least 4 members (excludes halogenated alkanes) is 13. The van der Waals surface area contributed by atoms with E-state index in [1.807, 2.05) is 6.07 Å². The molecular formula is C40H64N5O13P. The lowest BCUT2D eigenvalue weighted by atomic mass is 9.92. The van der Waals surface area contributed by atoms with Crippen LogP contribution in [0.4, 0.5) is 10.6 Å². The van der Waals surface area contributed by atoms with Gasteiger partial charge in [0.2, 0.25) is 12.4 Å². The average molecular weight is 854 g/mol. The molecule has 1 aliphatic rings. The molecule has 18 nitrogen and oxygen atoms in total. The number of nitrogen functional groups attached to an aromatic ring is 1. The lowest BCUT2D eigenvalue weighted by Crippen LogP contribution is -2.45. The van der Waals surface area contributed by atoms with Gasteiger partial charge in [-0.1, -0.05) is 90.4 Å². The molecule has 332 valence electrons. The van der Waals surface area contributed by atoms with Gasteiger partial charge in [0.1, 0.15) is 24.0 Å². The van der Waals surface area contributed by atoms with E-state index in [1.54, 1.807) is 13.8 Å². The normalized spacial score (nSPS) is 20.0. The van der Waals surface area contributed by atoms with E-state index >= 15 is 0 Å². The van der Waals surface area contributed by atoms with Crippen molar-refractivity contribution in [1.29, 1.82) is 5.26 Å². The van der Waals surface area contributed by atoms with Gasteiger partial charge in [0.15, 0.2) is 18.0 Å². The van der Waals surface area contributed by atoms with Crippen molar-refractivity contribution in [2.75, 3.05) is 39.0 Å². The fourth-order valence-corrected chi connectivity index (χ4v) is 7.74. The molecule has 2 aromatic heterocycles. The Labute approximate surface area is 347 Å². The number of hydrogen-bond acceptors (Lipinski definition) is 17. The van der Waals surface area contributed by atoms with Gasteiger partial charge in [0, 0.05) is 27.1 Å². The van der Waals surface area contributed by atoms with Gasteiger partial charge in [-0.05, 0) is 38.8 Å². The number of phosphoric ester groups is 1. The van der Waals surface area contributed by atoms with Crippen molar-refractivity contribution >= 4 is 37.3 Å². The maximum Gasteiger partial charge on any atom is 0.510 e. The van der Waals surface area contributed by atoms with Crippen LogP contribution in [-0.2, 0) is 61.7 Å². The summed E-state index contributed by atoms with van der Waals surface area (Å²) in [4.78, 5) is 40.6. The van der Waals surface area contributed by atoms with Gasteiger partial charge in [0.25, 0.3) is 0 Å². The third-order valence-electron chi connectivity index (χ3n) is 9.47. The third-order valence-corrected chi connectivity index (χ3v) is 10.9. The van der Waals surface area contributed by atoms with Crippen LogP contribution in [0.1, 0.15) is 137 Å². The van der Waals surface area contributed by atoms with Gasteiger partial charge in [-0.25, -0.2) is 23.4 Å². The van der Waals surface area contributed by atoms with E-state index in [1.165, 1.54) is 93.7 Å². The lowest BCUT2D eigenvalue weighted by Gasteiger charge is -2.28. The van der Waals surface area contributed by atoms with E-state index in [-0.39, 0.29) is 18.1 Å². The molecule has 59 heavy (non-hydrogen) atoms. The van der Waals surface area contributed by atoms with Crippen molar-refractivity contribution < 1.29 is 60.9 Å². The maximum atomic E-state index is 13.9. The number of nitrogens with zero attached hydrogens (tertiary/aromatic N) is 4. The minimum atomic E-state index is -4.56. The molecule has 1 saturated heterocycles. The van der Waals surface area contributed by atoms with E-state index < -0.39 is 69.3 Å². The molecule has 5 atom stereocenters. The first kappa shape index (κ1) is 49.5. The van der Waals surface area contributed by atoms with Crippen molar-refractivity contribution in [2.24, 2.45) is 0 Å². The molecule has 2 aromatic rings. The molecular weight excluding hydrogens is 789 g/mol. The van der Waals surface area contributed by atoms with Crippen LogP contribution in [0.5, 0.6) is 0 Å². The summed E-state index contributed by atoms with van der Waals surface area (Å²) in [7, 11) is -4.56. The number of anilines is 1. The monoisotopic (exact) mass is 853 g/mol. The Hall–Kier alpha value is -3.85. The van der Waals surface area contributed by atoms with Crippen LogP contribution in [0.25, 0.3) is 5.52 Å². The Kier molecular flexibility index (Phi) is 22.1. The van der Waals surface area contributed by atoms with Crippen LogP contribution in [-0.4, -0.2) is 90.3 Å². The second kappa shape index (κ2) is 26.4. The lowest BCUT2D eigenvalue weighted by molar-refractivity contribution is -0.166. The van der Waals surface area contributed by atoms with E-state index in [0.717, 1.165) is 33.0 Å². The zero-order chi connectivity index (χ0) is 43.1. The summed E-state index contributed by atoms with van der Waals surface area (Å²) >= 11 is 0. The highest BCUT2D eigenvalue weighted by atomic mass is 31.2. The molecule has 0 aromatic carbocycles. The number of esters is 2. The number of carbonyl (C=O) groups is 3. The molecule has 0 saturated carbocycles. The molecule has 0 radical (unpaired) electrons. The quantitative estimate of drug-likeness (QED) is 0.0259. The summed E-state index contributed by atoms with van der Waals surface area (Å²) in [6.07, 6.45) is 13.2. The average Bonchev–Trinajstić information content (AvgIpc) is 3.74. The van der Waals surface area contributed by atoms with Crippen LogP contribution < -0.4 is 5.73 Å². The molecule has 0 aliphatic carbocycles. The maximum absolute atomic E-state index is 13.9. The van der Waals surface area contributed by atoms with E-state index in [0.29, 0.717) is 25.2 Å². The van der Waals surface area contributed by atoms with Gasteiger partial charge in [-0.2, -0.15) is 10.4 Å². The van der Waals surface area contributed by atoms with Gasteiger partial charge in [-0.3, -0.25) is 18.6 Å². The first-order chi connectivity index (χ1) is 28.4. The Morgan fingerprint density at radius 1 is 0.881 bits per heavy atom. The summed E-state index contributed by atoms with van der Waals surface area (Å²) in [5, 5.41) is 14.8. The molecule has 3 rings (SSSR count). The van der Waals surface area contributed by atoms with Crippen LogP contribution in [0.15, 0.2) is 18.5 Å². The van der Waals surface area contributed by atoms with Gasteiger partial charge in [0.05, 0.1) is 25.0 Å². The van der Waals surface area contributed by atoms with Crippen LogP contribution >= 0.6 is 7.82 Å². The SMILES string of the molecule is CCCCCCCCCCCCCCCCOCCCO[P@](=O)(OCOC(=O)OC(C)C)OC[C@H]1O[C@@](C#N)(c2ccc3c(N)ncnn23)[C@H](OC(C)=O)[C@@H]1OC(C)=O. The minimum absolute atomic E-state index is 0.0665. The summed E-state index contributed by atoms with van der Waals surface area (Å²) < 4.78 is 64.6. The van der Waals surface area contributed by atoms with E-state index in [4.69, 9.17) is 47.7 Å². The van der Waals surface area contributed by atoms with Crippen molar-refractivity contribution in [3.63, 3.8) is 0 Å². The second-order valence-corrected chi connectivity index (χ2v) is 16.4. The zero-order valence-corrected chi connectivity index (χ0v) is 36.2. The molecule has 19 heteroatoms. The number of phosphoric acid groups is 1. The molecule has 3 heterocycles. The summed E-state index contributed by atoms with van der Waals surface area (Å²) in [5.41, 5.74) is 4.25. The van der Waals surface area contributed by atoms with Crippen molar-refractivity contribution in [2.45, 2.75) is 161 Å². The van der Waals surface area contributed by atoms with Gasteiger partial charge in [-0.15, -0.1) is 0 Å². The molecule has 0 unspecified atom stereocenters. The number of ether oxygens (including phenoxy) is 6. The fraction of sp³-hybridized carbons (Fsp3) is 0.750. The summed E-state index contributed by atoms with van der Waals surface area (Å²) in [5.74, 6) is -1.53. The predicted molar refractivity (Wildman–Crippen MR) is 215 cm³/mol.